The van der Waals surface area contributed by atoms with Crippen LogP contribution >= 0.6 is 0 Å². The van der Waals surface area contributed by atoms with Gasteiger partial charge < -0.3 is 16.0 Å². The summed E-state index contributed by atoms with van der Waals surface area (Å²) >= 11 is 0. The van der Waals surface area contributed by atoms with Crippen LogP contribution in [0.15, 0.2) is 18.3 Å². The summed E-state index contributed by atoms with van der Waals surface area (Å²) in [7, 11) is 1.60. The number of hydrogen-bond acceptors (Lipinski definition) is 4. The molecule has 1 unspecified atom stereocenters. The van der Waals surface area contributed by atoms with E-state index in [0.717, 1.165) is 12.8 Å². The van der Waals surface area contributed by atoms with Crippen molar-refractivity contribution < 1.29 is 9.59 Å². The number of piperidine rings is 1. The molecule has 0 radical (unpaired) electrons. The lowest BCUT2D eigenvalue weighted by Gasteiger charge is -2.34. The maximum absolute atomic E-state index is 12.6. The Morgan fingerprint density at radius 3 is 3.00 bits per heavy atom. The van der Waals surface area contributed by atoms with Crippen LogP contribution in [0.3, 0.4) is 0 Å². The van der Waals surface area contributed by atoms with Crippen molar-refractivity contribution in [3.63, 3.8) is 0 Å². The molecule has 1 atom stereocenters. The third-order valence-electron chi connectivity index (χ3n) is 3.59. The number of amides is 2. The summed E-state index contributed by atoms with van der Waals surface area (Å²) in [6.07, 6.45) is 4.18. The quantitative estimate of drug-likeness (QED) is 0.830. The Labute approximate surface area is 118 Å². The number of pyridine rings is 1. The summed E-state index contributed by atoms with van der Waals surface area (Å²) in [5, 5.41) is 2.63. The van der Waals surface area contributed by atoms with Crippen molar-refractivity contribution >= 4 is 11.8 Å². The van der Waals surface area contributed by atoms with Crippen LogP contribution in [0.25, 0.3) is 0 Å². The van der Waals surface area contributed by atoms with Gasteiger partial charge in [0.25, 0.3) is 5.91 Å². The molecule has 1 fully saturated rings. The molecule has 1 aliphatic heterocycles. The summed E-state index contributed by atoms with van der Waals surface area (Å²) in [5.74, 6) is -0.235. The average Bonchev–Trinajstić information content (AvgIpc) is 2.53. The Bertz CT molecular complexity index is 504. The number of likely N-dealkylation sites (tertiary alicyclic amines) is 1. The first-order chi connectivity index (χ1) is 9.67. The summed E-state index contributed by atoms with van der Waals surface area (Å²) in [4.78, 5) is 30.2. The van der Waals surface area contributed by atoms with Gasteiger partial charge in [0, 0.05) is 31.9 Å². The molecule has 2 amide bonds. The monoisotopic (exact) mass is 276 g/mol. The Hall–Kier alpha value is -1.95. The van der Waals surface area contributed by atoms with Crippen LogP contribution in [-0.2, 0) is 11.3 Å². The molecular formula is C14H20N4O2. The minimum absolute atomic E-state index is 0.105. The third kappa shape index (κ3) is 2.96. The molecule has 1 aromatic heterocycles. The van der Waals surface area contributed by atoms with Crippen molar-refractivity contribution in [3.8, 4) is 0 Å². The highest BCUT2D eigenvalue weighted by molar-refractivity contribution is 5.97. The van der Waals surface area contributed by atoms with Crippen LogP contribution in [-0.4, -0.2) is 41.3 Å². The predicted molar refractivity (Wildman–Crippen MR) is 74.9 cm³/mol. The molecule has 1 aromatic rings. The fourth-order valence-corrected chi connectivity index (χ4v) is 2.50. The van der Waals surface area contributed by atoms with Crippen LogP contribution in [0, 0.1) is 0 Å². The van der Waals surface area contributed by atoms with Crippen molar-refractivity contribution in [2.45, 2.75) is 31.8 Å². The van der Waals surface area contributed by atoms with E-state index in [9.17, 15) is 9.59 Å². The largest absolute Gasteiger partial charge is 0.357 e. The van der Waals surface area contributed by atoms with E-state index >= 15 is 0 Å². The molecule has 108 valence electrons. The zero-order chi connectivity index (χ0) is 14.5. The molecule has 0 aromatic carbocycles. The second-order valence-electron chi connectivity index (χ2n) is 4.86. The van der Waals surface area contributed by atoms with Crippen LogP contribution in [0.4, 0.5) is 0 Å². The van der Waals surface area contributed by atoms with E-state index < -0.39 is 0 Å². The molecule has 6 heteroatoms. The van der Waals surface area contributed by atoms with Crippen molar-refractivity contribution in [2.75, 3.05) is 13.6 Å². The second kappa shape index (κ2) is 6.47. The van der Waals surface area contributed by atoms with Gasteiger partial charge in [-0.3, -0.25) is 14.6 Å². The third-order valence-corrected chi connectivity index (χ3v) is 3.59. The molecule has 1 saturated heterocycles. The van der Waals surface area contributed by atoms with Gasteiger partial charge in [-0.05, 0) is 31.4 Å². The summed E-state index contributed by atoms with van der Waals surface area (Å²) in [6.45, 7) is 0.900. The zero-order valence-corrected chi connectivity index (χ0v) is 11.6. The number of hydrogen-bond donors (Lipinski definition) is 2. The maximum Gasteiger partial charge on any atom is 0.254 e. The van der Waals surface area contributed by atoms with E-state index in [4.69, 9.17) is 5.73 Å². The predicted octanol–water partition coefficient (Wildman–Crippen LogP) is 0.281. The fourth-order valence-electron chi connectivity index (χ4n) is 2.50. The van der Waals surface area contributed by atoms with Crippen molar-refractivity contribution in [2.24, 2.45) is 5.73 Å². The first-order valence-electron chi connectivity index (χ1n) is 6.85. The van der Waals surface area contributed by atoms with Gasteiger partial charge in [0.15, 0.2) is 0 Å². The lowest BCUT2D eigenvalue weighted by Crippen LogP contribution is -2.51. The topological polar surface area (TPSA) is 88.3 Å². The Balaban J connectivity index is 2.22. The molecular weight excluding hydrogens is 256 g/mol. The highest BCUT2D eigenvalue weighted by Crippen LogP contribution is 2.20. The van der Waals surface area contributed by atoms with Gasteiger partial charge in [0.05, 0.1) is 5.69 Å². The number of carbonyl (C=O) groups excluding carboxylic acids is 2. The highest BCUT2D eigenvalue weighted by Gasteiger charge is 2.32. The smallest absolute Gasteiger partial charge is 0.254 e. The molecule has 2 rings (SSSR count). The number of nitrogens with zero attached hydrogens (tertiary/aromatic N) is 2. The van der Waals surface area contributed by atoms with E-state index in [1.54, 1.807) is 30.3 Å². The van der Waals surface area contributed by atoms with Crippen LogP contribution in [0.1, 0.15) is 35.3 Å². The van der Waals surface area contributed by atoms with Crippen molar-refractivity contribution in [3.05, 3.63) is 29.6 Å². The van der Waals surface area contributed by atoms with Gasteiger partial charge in [0.1, 0.15) is 6.04 Å². The molecule has 6 nitrogen and oxygen atoms in total. The Morgan fingerprint density at radius 1 is 1.50 bits per heavy atom. The van der Waals surface area contributed by atoms with E-state index in [0.29, 0.717) is 30.8 Å². The molecule has 1 aliphatic rings. The van der Waals surface area contributed by atoms with E-state index in [2.05, 4.69) is 10.3 Å². The van der Waals surface area contributed by atoms with Crippen molar-refractivity contribution in [1.82, 2.24) is 15.2 Å². The molecule has 3 N–H and O–H groups in total. The zero-order valence-electron chi connectivity index (χ0n) is 11.6. The minimum atomic E-state index is -0.379. The average molecular weight is 276 g/mol. The number of nitrogens with two attached hydrogens (primary N) is 1. The SMILES string of the molecule is CNC(=O)C1CCCCN1C(=O)c1ccnc(CN)c1. The number of nitrogens with one attached hydrogen (secondary N) is 1. The van der Waals surface area contributed by atoms with Crippen LogP contribution in [0.5, 0.6) is 0 Å². The van der Waals surface area contributed by atoms with Gasteiger partial charge in [-0.1, -0.05) is 0 Å². The van der Waals surface area contributed by atoms with E-state index in [1.165, 1.54) is 0 Å². The molecule has 0 aliphatic carbocycles. The number of carbonyl (C=O) groups is 2. The number of likely N-dealkylation sites (N-methyl/N-ethyl adjacent to an activating group) is 1. The first-order valence-corrected chi connectivity index (χ1v) is 6.85. The van der Waals surface area contributed by atoms with E-state index in [1.807, 2.05) is 0 Å². The number of rotatable bonds is 3. The lowest BCUT2D eigenvalue weighted by molar-refractivity contribution is -0.126. The molecule has 0 spiro atoms. The van der Waals surface area contributed by atoms with Crippen LogP contribution in [0.2, 0.25) is 0 Å². The Morgan fingerprint density at radius 2 is 2.30 bits per heavy atom. The second-order valence-corrected chi connectivity index (χ2v) is 4.86. The van der Waals surface area contributed by atoms with Gasteiger partial charge >= 0.3 is 0 Å². The van der Waals surface area contributed by atoms with Crippen LogP contribution < -0.4 is 11.1 Å². The van der Waals surface area contributed by atoms with Gasteiger partial charge in [-0.2, -0.15) is 0 Å². The minimum Gasteiger partial charge on any atom is -0.357 e. The summed E-state index contributed by atoms with van der Waals surface area (Å²) < 4.78 is 0. The summed E-state index contributed by atoms with van der Waals surface area (Å²) in [5.41, 5.74) is 6.75. The standard InChI is InChI=1S/C14H20N4O2/c1-16-13(19)12-4-2-3-7-18(12)14(20)10-5-6-17-11(8-10)9-15/h5-6,8,12H,2-4,7,9,15H2,1H3,(H,16,19). The van der Waals surface area contributed by atoms with Gasteiger partial charge in [-0.15, -0.1) is 0 Å². The van der Waals surface area contributed by atoms with Gasteiger partial charge in [0.2, 0.25) is 5.91 Å². The maximum atomic E-state index is 12.6. The molecule has 20 heavy (non-hydrogen) atoms. The highest BCUT2D eigenvalue weighted by atomic mass is 16.2. The molecule has 0 saturated carbocycles. The summed E-state index contributed by atoms with van der Waals surface area (Å²) in [6, 6.07) is 2.98. The van der Waals surface area contributed by atoms with Crippen molar-refractivity contribution in [1.29, 1.82) is 0 Å². The molecule has 2 heterocycles. The first kappa shape index (κ1) is 14.5. The Kier molecular flexibility index (Phi) is 4.68. The fraction of sp³-hybridized carbons (Fsp3) is 0.500. The molecule has 0 bridgehead atoms. The number of aromatic nitrogens is 1. The van der Waals surface area contributed by atoms with Gasteiger partial charge in [-0.25, -0.2) is 0 Å². The normalized spacial score (nSPS) is 18.7. The lowest BCUT2D eigenvalue weighted by atomic mass is 10.00. The van der Waals surface area contributed by atoms with E-state index in [-0.39, 0.29) is 17.9 Å².